The highest BCUT2D eigenvalue weighted by Gasteiger charge is 2.58. The molecule has 1 heterocycles. The molecule has 12 nitrogen and oxygen atoms in total. The molecule has 0 amide bonds. The summed E-state index contributed by atoms with van der Waals surface area (Å²) in [5, 5.41) is 13.6. The summed E-state index contributed by atoms with van der Waals surface area (Å²) in [7, 11) is 0. The van der Waals surface area contributed by atoms with Gasteiger partial charge in [-0.05, 0) is 62.4 Å². The van der Waals surface area contributed by atoms with Crippen LogP contribution in [0.5, 0.6) is 0 Å². The Balaban J connectivity index is 1.10. The lowest BCUT2D eigenvalue weighted by atomic mass is 9.83. The summed E-state index contributed by atoms with van der Waals surface area (Å²) in [5.41, 5.74) is 5.70. The van der Waals surface area contributed by atoms with Gasteiger partial charge in [0.2, 0.25) is 0 Å². The Bertz CT molecular complexity index is 3100. The number of fused-ring (bicyclic) bond motifs is 1. The minimum absolute atomic E-state index is 0.0716. The SMILES string of the molecule is C=CCO[C@@H]1[C@H](OCc2ccc3ccccc3c2)[C@H](OCc2ccccc2)[C@@H](OCc2ccccc2)[C@H](OCc2ccccc2)[C@H]1O[C@H]1O[C@H](CO)[C@@H](OCc2ccccc2)[C@H](OCc2ccccc2)[C@@H]1OC(=O)c1ccccc1. The van der Waals surface area contributed by atoms with E-state index in [-0.39, 0.29) is 46.2 Å². The van der Waals surface area contributed by atoms with Gasteiger partial charge in [0.1, 0.15) is 54.9 Å². The van der Waals surface area contributed by atoms with Crippen LogP contribution in [0.1, 0.15) is 43.7 Å². The van der Waals surface area contributed by atoms with Crippen molar-refractivity contribution in [2.24, 2.45) is 0 Å². The van der Waals surface area contributed by atoms with E-state index in [0.717, 1.165) is 44.2 Å². The second-order valence-corrected chi connectivity index (χ2v) is 19.9. The van der Waals surface area contributed by atoms with Crippen molar-refractivity contribution in [2.45, 2.75) is 107 Å². The summed E-state index contributed by atoms with van der Waals surface area (Å²) < 4.78 is 70.4. The smallest absolute Gasteiger partial charge is 0.338 e. The minimum atomic E-state index is -1.45. The standard InChI is InChI=1S/C68H68O12/c1-2-39-71-63-61(77-47-53-37-38-54-33-21-22-36-56(54)40-53)60(74-44-50-27-13-5-14-28-50)62(75-45-51-29-15-6-16-30-51)64(76-46-52-31-17-7-18-32-52)65(63)80-68-66(79-67(70)55-34-19-8-20-35-55)59(73-43-49-25-11-4-12-26-49)58(57(41-69)78-68)72-42-48-23-9-3-10-24-48/h2-38,40,57-66,68-69H,1,39,41-47H2/t57-,58-,59+,60+,61-,62-,63-,64+,65+,66+,68-/m1/s1. The topological polar surface area (TPSA) is 130 Å². The highest BCUT2D eigenvalue weighted by molar-refractivity contribution is 5.89. The number of carbonyl (C=O) groups is 1. The van der Waals surface area contributed by atoms with Crippen LogP contribution in [0.3, 0.4) is 0 Å². The summed E-state index contributed by atoms with van der Waals surface area (Å²) in [6, 6.07) is 72.2. The van der Waals surface area contributed by atoms with Crippen molar-refractivity contribution in [2.75, 3.05) is 13.2 Å². The molecule has 412 valence electrons. The normalized spacial score (nSPS) is 23.8. The van der Waals surface area contributed by atoms with Crippen molar-refractivity contribution in [1.29, 1.82) is 0 Å². The molecule has 8 aromatic rings. The number of aliphatic hydroxyl groups is 1. The molecule has 1 aliphatic carbocycles. The van der Waals surface area contributed by atoms with E-state index >= 15 is 0 Å². The van der Waals surface area contributed by atoms with E-state index in [1.54, 1.807) is 30.3 Å². The molecule has 8 aromatic carbocycles. The van der Waals surface area contributed by atoms with Crippen LogP contribution < -0.4 is 0 Å². The summed E-state index contributed by atoms with van der Waals surface area (Å²) in [6.07, 6.45) is -10.00. The Morgan fingerprint density at radius 1 is 0.400 bits per heavy atom. The fourth-order valence-electron chi connectivity index (χ4n) is 10.3. The fraction of sp³-hybridized carbons (Fsp3) is 0.279. The molecule has 0 radical (unpaired) electrons. The van der Waals surface area contributed by atoms with Gasteiger partial charge in [0, 0.05) is 0 Å². The maximum absolute atomic E-state index is 14.6. The predicted molar refractivity (Wildman–Crippen MR) is 304 cm³/mol. The van der Waals surface area contributed by atoms with Gasteiger partial charge in [-0.25, -0.2) is 4.79 Å². The van der Waals surface area contributed by atoms with Crippen LogP contribution in [0.4, 0.5) is 0 Å². The Morgan fingerprint density at radius 2 is 0.762 bits per heavy atom. The first-order chi connectivity index (χ1) is 39.5. The Hall–Kier alpha value is -7.17. The van der Waals surface area contributed by atoms with Crippen molar-refractivity contribution >= 4 is 16.7 Å². The number of benzene rings is 8. The van der Waals surface area contributed by atoms with Crippen molar-refractivity contribution in [3.63, 3.8) is 0 Å². The van der Waals surface area contributed by atoms with Crippen molar-refractivity contribution in [1.82, 2.24) is 0 Å². The number of carbonyl (C=O) groups excluding carboxylic acids is 1. The number of esters is 1. The molecule has 1 N–H and O–H groups in total. The molecule has 2 aliphatic rings. The molecule has 12 heteroatoms. The van der Waals surface area contributed by atoms with Crippen LogP contribution >= 0.6 is 0 Å². The first-order valence-corrected chi connectivity index (χ1v) is 27.3. The van der Waals surface area contributed by atoms with Crippen LogP contribution in [0.25, 0.3) is 10.8 Å². The number of hydrogen-bond donors (Lipinski definition) is 1. The molecule has 0 bridgehead atoms. The Labute approximate surface area is 468 Å². The van der Waals surface area contributed by atoms with Crippen LogP contribution in [-0.4, -0.2) is 91.6 Å². The second kappa shape index (κ2) is 28.8. The molecule has 1 saturated heterocycles. The summed E-state index contributed by atoms with van der Waals surface area (Å²) in [6.45, 7) is 4.52. The molecule has 1 aliphatic heterocycles. The third-order valence-corrected chi connectivity index (χ3v) is 14.3. The minimum Gasteiger partial charge on any atom is -0.450 e. The van der Waals surface area contributed by atoms with E-state index in [1.807, 2.05) is 170 Å². The van der Waals surface area contributed by atoms with E-state index in [9.17, 15) is 9.90 Å². The Kier molecular flexibility index (Phi) is 20.2. The van der Waals surface area contributed by atoms with Gasteiger partial charge in [-0.3, -0.25) is 0 Å². The largest absolute Gasteiger partial charge is 0.450 e. The van der Waals surface area contributed by atoms with Gasteiger partial charge in [-0.15, -0.1) is 6.58 Å². The van der Waals surface area contributed by atoms with E-state index in [2.05, 4.69) is 36.9 Å². The van der Waals surface area contributed by atoms with Gasteiger partial charge in [0.15, 0.2) is 12.4 Å². The predicted octanol–water partition coefficient (Wildman–Crippen LogP) is 11.6. The lowest BCUT2D eigenvalue weighted by molar-refractivity contribution is -0.358. The highest BCUT2D eigenvalue weighted by atomic mass is 16.7. The second-order valence-electron chi connectivity index (χ2n) is 19.9. The number of hydrogen-bond acceptors (Lipinski definition) is 12. The van der Waals surface area contributed by atoms with Crippen LogP contribution in [0.2, 0.25) is 0 Å². The molecule has 0 unspecified atom stereocenters. The molecule has 0 spiro atoms. The van der Waals surface area contributed by atoms with E-state index < -0.39 is 79.9 Å². The average Bonchev–Trinajstić information content (AvgIpc) is 3.59. The van der Waals surface area contributed by atoms with Crippen molar-refractivity contribution < 1.29 is 57.3 Å². The summed E-state index contributed by atoms with van der Waals surface area (Å²) >= 11 is 0. The van der Waals surface area contributed by atoms with Crippen LogP contribution in [-0.2, 0) is 87.0 Å². The molecular weight excluding hydrogens is 1010 g/mol. The van der Waals surface area contributed by atoms with Gasteiger partial charge in [0.25, 0.3) is 0 Å². The lowest BCUT2D eigenvalue weighted by Crippen LogP contribution is -2.70. The Morgan fingerprint density at radius 3 is 1.20 bits per heavy atom. The van der Waals surface area contributed by atoms with Gasteiger partial charge in [-0.2, -0.15) is 0 Å². The van der Waals surface area contributed by atoms with Crippen molar-refractivity contribution in [3.05, 3.63) is 276 Å². The van der Waals surface area contributed by atoms with Gasteiger partial charge >= 0.3 is 5.97 Å². The van der Waals surface area contributed by atoms with Crippen LogP contribution in [0, 0.1) is 0 Å². The number of rotatable bonds is 26. The molecule has 1 saturated carbocycles. The zero-order valence-corrected chi connectivity index (χ0v) is 44.6. The highest BCUT2D eigenvalue weighted by Crippen LogP contribution is 2.40. The summed E-state index contributed by atoms with van der Waals surface area (Å²) in [5.74, 6) is -0.652. The van der Waals surface area contributed by atoms with E-state index in [1.165, 1.54) is 0 Å². The summed E-state index contributed by atoms with van der Waals surface area (Å²) in [4.78, 5) is 14.6. The number of aliphatic hydroxyl groups excluding tert-OH is 1. The molecule has 0 aromatic heterocycles. The molecule has 80 heavy (non-hydrogen) atoms. The van der Waals surface area contributed by atoms with Gasteiger partial charge < -0.3 is 52.5 Å². The lowest BCUT2D eigenvalue weighted by Gasteiger charge is -2.52. The monoisotopic (exact) mass is 1080 g/mol. The van der Waals surface area contributed by atoms with E-state index in [4.69, 9.17) is 47.4 Å². The van der Waals surface area contributed by atoms with Crippen molar-refractivity contribution in [3.8, 4) is 0 Å². The van der Waals surface area contributed by atoms with E-state index in [0.29, 0.717) is 5.56 Å². The zero-order valence-electron chi connectivity index (χ0n) is 44.6. The average molecular weight is 1080 g/mol. The zero-order chi connectivity index (χ0) is 54.7. The molecule has 2 fully saturated rings. The quantitative estimate of drug-likeness (QED) is 0.0409. The fourth-order valence-corrected chi connectivity index (χ4v) is 10.3. The third-order valence-electron chi connectivity index (χ3n) is 14.3. The maximum atomic E-state index is 14.6. The molecular formula is C68H68O12. The van der Waals surface area contributed by atoms with Crippen LogP contribution in [0.15, 0.2) is 237 Å². The maximum Gasteiger partial charge on any atom is 0.338 e. The number of ether oxygens (including phenoxy) is 10. The third kappa shape index (κ3) is 14.8. The molecule has 11 atom stereocenters. The van der Waals surface area contributed by atoms with Gasteiger partial charge in [-0.1, -0.05) is 212 Å². The van der Waals surface area contributed by atoms with Gasteiger partial charge in [0.05, 0.1) is 58.4 Å². The first-order valence-electron chi connectivity index (χ1n) is 27.3. The first kappa shape index (κ1) is 56.1. The molecule has 10 rings (SSSR count).